The molecule has 0 fully saturated rings. The lowest BCUT2D eigenvalue weighted by molar-refractivity contribution is 0.213. The molecule has 25 heavy (non-hydrogen) atoms. The van der Waals surface area contributed by atoms with Crippen molar-refractivity contribution in [1.82, 2.24) is 0 Å². The van der Waals surface area contributed by atoms with Crippen molar-refractivity contribution in [3.05, 3.63) is 35.4 Å². The first-order valence-corrected chi connectivity index (χ1v) is 9.86. The molecule has 7 heteroatoms. The number of sulfone groups is 1. The van der Waals surface area contributed by atoms with Gasteiger partial charge in [-0.1, -0.05) is 17.3 Å². The molecule has 1 rings (SSSR count). The van der Waals surface area contributed by atoms with Crippen LogP contribution in [0.1, 0.15) is 25.0 Å². The fraction of sp³-hybridized carbons (Fsp3) is 0.500. The highest BCUT2D eigenvalue weighted by molar-refractivity contribution is 7.92. The minimum atomic E-state index is -3.29. The Morgan fingerprint density at radius 1 is 1.20 bits per heavy atom. The maximum absolute atomic E-state index is 12.0. The molecule has 0 saturated carbocycles. The Labute approximate surface area is 150 Å². The number of hydrogen-bond donors (Lipinski definition) is 0. The summed E-state index contributed by atoms with van der Waals surface area (Å²) in [6.45, 7) is 7.97. The van der Waals surface area contributed by atoms with Crippen molar-refractivity contribution in [3.8, 4) is 11.5 Å². The molecule has 0 spiro atoms. The molecule has 0 bridgehead atoms. The van der Waals surface area contributed by atoms with E-state index >= 15 is 0 Å². The van der Waals surface area contributed by atoms with E-state index < -0.39 is 9.84 Å². The van der Waals surface area contributed by atoms with Crippen LogP contribution < -0.4 is 9.47 Å². The minimum absolute atomic E-state index is 0.0813. The second-order valence-corrected chi connectivity index (χ2v) is 7.90. The zero-order chi connectivity index (χ0) is 18.9. The summed E-state index contributed by atoms with van der Waals surface area (Å²) in [5.74, 6) is 1.23. The second-order valence-electron chi connectivity index (χ2n) is 5.72. The van der Waals surface area contributed by atoms with Crippen LogP contribution in [0.15, 0.2) is 29.4 Å². The van der Waals surface area contributed by atoms with Crippen LogP contribution in [0.5, 0.6) is 11.5 Å². The third-order valence-corrected chi connectivity index (χ3v) is 4.98. The predicted molar refractivity (Wildman–Crippen MR) is 100 cm³/mol. The van der Waals surface area contributed by atoms with Crippen LogP contribution in [0.3, 0.4) is 0 Å². The van der Waals surface area contributed by atoms with Crippen molar-refractivity contribution in [2.75, 3.05) is 31.8 Å². The van der Waals surface area contributed by atoms with Gasteiger partial charge in [0.1, 0.15) is 31.8 Å². The third kappa shape index (κ3) is 7.60. The van der Waals surface area contributed by atoms with Crippen LogP contribution in [0.25, 0.3) is 0 Å². The molecule has 0 atom stereocenters. The summed E-state index contributed by atoms with van der Waals surface area (Å²) in [6, 6.07) is 3.77. The van der Waals surface area contributed by atoms with E-state index in [9.17, 15) is 8.42 Å². The zero-order valence-corrected chi connectivity index (χ0v) is 16.4. The van der Waals surface area contributed by atoms with Crippen molar-refractivity contribution in [2.45, 2.75) is 27.7 Å². The van der Waals surface area contributed by atoms with Gasteiger partial charge in [0.2, 0.25) is 0 Å². The van der Waals surface area contributed by atoms with Gasteiger partial charge < -0.3 is 14.3 Å². The van der Waals surface area contributed by atoms with Crippen LogP contribution >= 0.6 is 0 Å². The van der Waals surface area contributed by atoms with Crippen molar-refractivity contribution >= 4 is 15.5 Å². The molecule has 0 N–H and O–H groups in total. The Bertz CT molecular complexity index is 700. The smallest absolute Gasteiger partial charge is 0.159 e. The lowest BCUT2D eigenvalue weighted by atomic mass is 10.1. The van der Waals surface area contributed by atoms with Crippen molar-refractivity contribution < 1.29 is 22.7 Å². The zero-order valence-electron chi connectivity index (χ0n) is 15.5. The van der Waals surface area contributed by atoms with E-state index in [1.807, 2.05) is 45.1 Å². The van der Waals surface area contributed by atoms with Gasteiger partial charge in [-0.15, -0.1) is 0 Å². The van der Waals surface area contributed by atoms with Crippen LogP contribution in [0.4, 0.5) is 0 Å². The van der Waals surface area contributed by atoms with Crippen LogP contribution in [-0.4, -0.2) is 46.0 Å². The standard InChI is InChI=1S/C18H27NO5S/c1-6-7-8-23-17-11-14(2)18(15(3)12-17)24-9-10-25(20,21)13-16(4)19-22-5/h6-7,11-12H,8-10,13H2,1-5H3/b7-6+,19-16+. The molecule has 6 nitrogen and oxygen atoms in total. The quantitative estimate of drug-likeness (QED) is 0.360. The normalized spacial score (nSPS) is 12.4. The summed E-state index contributed by atoms with van der Waals surface area (Å²) in [5.41, 5.74) is 2.23. The average molecular weight is 369 g/mol. The van der Waals surface area contributed by atoms with Crippen molar-refractivity contribution in [1.29, 1.82) is 0 Å². The molecule has 1 aromatic rings. The van der Waals surface area contributed by atoms with Gasteiger partial charge in [-0.2, -0.15) is 0 Å². The molecule has 0 heterocycles. The number of allylic oxidation sites excluding steroid dienone is 1. The highest BCUT2D eigenvalue weighted by Crippen LogP contribution is 2.28. The summed E-state index contributed by atoms with van der Waals surface area (Å²) < 4.78 is 35.4. The van der Waals surface area contributed by atoms with Crippen LogP contribution in [0.2, 0.25) is 0 Å². The highest BCUT2D eigenvalue weighted by Gasteiger charge is 2.15. The van der Waals surface area contributed by atoms with Crippen molar-refractivity contribution in [2.24, 2.45) is 5.16 Å². The minimum Gasteiger partial charge on any atom is -0.492 e. The van der Waals surface area contributed by atoms with E-state index in [4.69, 9.17) is 9.47 Å². The molecular formula is C18H27NO5S. The summed E-state index contributed by atoms with van der Waals surface area (Å²) in [7, 11) is -1.90. The number of aryl methyl sites for hydroxylation is 2. The maximum Gasteiger partial charge on any atom is 0.159 e. The first kappa shape index (κ1) is 21.0. The lowest BCUT2D eigenvalue weighted by Gasteiger charge is -2.14. The van der Waals surface area contributed by atoms with E-state index in [0.717, 1.165) is 16.9 Å². The summed E-state index contributed by atoms with van der Waals surface area (Å²) in [4.78, 5) is 4.58. The highest BCUT2D eigenvalue weighted by atomic mass is 32.2. The number of benzene rings is 1. The Morgan fingerprint density at radius 3 is 2.40 bits per heavy atom. The van der Waals surface area contributed by atoms with Gasteiger partial charge in [0.15, 0.2) is 9.84 Å². The van der Waals surface area contributed by atoms with E-state index in [-0.39, 0.29) is 18.1 Å². The number of hydrogen-bond acceptors (Lipinski definition) is 6. The molecule has 140 valence electrons. The number of ether oxygens (including phenoxy) is 2. The van der Waals surface area contributed by atoms with Gasteiger partial charge >= 0.3 is 0 Å². The van der Waals surface area contributed by atoms with Gasteiger partial charge in [0, 0.05) is 0 Å². The Balaban J connectivity index is 2.67. The Kier molecular flexibility index (Phi) is 8.48. The molecule has 0 saturated heterocycles. The maximum atomic E-state index is 12.0. The molecular weight excluding hydrogens is 342 g/mol. The first-order chi connectivity index (χ1) is 11.8. The van der Waals surface area contributed by atoms with E-state index in [1.54, 1.807) is 6.92 Å². The molecule has 0 aliphatic heterocycles. The van der Waals surface area contributed by atoms with E-state index in [0.29, 0.717) is 18.1 Å². The van der Waals surface area contributed by atoms with Gasteiger partial charge in [-0.05, 0) is 51.0 Å². The van der Waals surface area contributed by atoms with Gasteiger partial charge in [-0.3, -0.25) is 0 Å². The van der Waals surface area contributed by atoms with Gasteiger partial charge in [0.25, 0.3) is 0 Å². The van der Waals surface area contributed by atoms with Crippen LogP contribution in [-0.2, 0) is 14.7 Å². The number of oxime groups is 1. The summed E-state index contributed by atoms with van der Waals surface area (Å²) >= 11 is 0. The molecule has 0 radical (unpaired) electrons. The first-order valence-electron chi connectivity index (χ1n) is 8.04. The fourth-order valence-corrected chi connectivity index (χ4v) is 3.48. The van der Waals surface area contributed by atoms with E-state index in [1.165, 1.54) is 7.11 Å². The molecule has 0 unspecified atom stereocenters. The van der Waals surface area contributed by atoms with Crippen molar-refractivity contribution in [3.63, 3.8) is 0 Å². The Morgan fingerprint density at radius 2 is 1.84 bits per heavy atom. The predicted octanol–water partition coefficient (Wildman–Crippen LogP) is 3.07. The van der Waals surface area contributed by atoms with Gasteiger partial charge in [0.05, 0.1) is 17.2 Å². The fourth-order valence-electron chi connectivity index (χ4n) is 2.31. The largest absolute Gasteiger partial charge is 0.492 e. The van der Waals surface area contributed by atoms with Gasteiger partial charge in [-0.25, -0.2) is 8.42 Å². The summed E-state index contributed by atoms with van der Waals surface area (Å²) in [6.07, 6.45) is 3.85. The average Bonchev–Trinajstić information content (AvgIpc) is 2.50. The summed E-state index contributed by atoms with van der Waals surface area (Å²) in [5, 5.41) is 3.62. The molecule has 0 aliphatic carbocycles. The topological polar surface area (TPSA) is 74.2 Å². The van der Waals surface area contributed by atoms with Crippen LogP contribution in [0, 0.1) is 13.8 Å². The SMILES string of the molecule is C/C=C/COc1cc(C)c(OCCS(=O)(=O)C/C(C)=N/OC)c(C)c1. The lowest BCUT2D eigenvalue weighted by Crippen LogP contribution is -2.21. The van der Waals surface area contributed by atoms with E-state index in [2.05, 4.69) is 9.99 Å². The Hall–Kier alpha value is -2.02. The molecule has 0 aromatic heterocycles. The monoisotopic (exact) mass is 369 g/mol. The molecule has 1 aromatic carbocycles. The third-order valence-electron chi connectivity index (χ3n) is 3.33. The number of nitrogens with zero attached hydrogens (tertiary/aromatic N) is 1. The molecule has 0 aliphatic rings. The molecule has 0 amide bonds. The second kappa shape index (κ2) is 10.1. The number of rotatable bonds is 10.